The normalized spacial score (nSPS) is 13.1. The molecule has 0 bridgehead atoms. The smallest absolute Gasteiger partial charge is 0.181 e. The van der Waals surface area contributed by atoms with Gasteiger partial charge in [0.15, 0.2) is 28.8 Å². The molecule has 13 rings (SSSR count). The second kappa shape index (κ2) is 14.3. The highest BCUT2D eigenvalue weighted by Gasteiger charge is 2.48. The molecule has 3 heterocycles. The van der Waals surface area contributed by atoms with Crippen LogP contribution in [0.1, 0.15) is 22.3 Å². The van der Waals surface area contributed by atoms with Crippen LogP contribution in [-0.4, -0.2) is 9.97 Å². The quantitative estimate of drug-likeness (QED) is 0.167. The predicted octanol–water partition coefficient (Wildman–Crippen LogP) is 15.3. The lowest BCUT2D eigenvalue weighted by Crippen LogP contribution is -2.28. The molecule has 0 saturated heterocycles. The summed E-state index contributed by atoms with van der Waals surface area (Å²) in [6, 6.07) is 75.8. The Balaban J connectivity index is 0.951. The number of hydrogen-bond donors (Lipinski definition) is 0. The second-order valence-corrected chi connectivity index (χ2v) is 16.4. The summed E-state index contributed by atoms with van der Waals surface area (Å²) in [6.07, 6.45) is 0. The highest BCUT2D eigenvalue weighted by Crippen LogP contribution is 2.62. The number of para-hydroxylation sites is 3. The fraction of sp³-hybridized carbons (Fsp3) is 0.0169. The molecular weight excluding hydrogens is 785 g/mol. The third-order valence-corrected chi connectivity index (χ3v) is 12.9. The highest BCUT2D eigenvalue weighted by molar-refractivity contribution is 6.09. The maximum absolute atomic E-state index is 7.23. The van der Waals surface area contributed by atoms with Gasteiger partial charge in [-0.25, -0.2) is 9.97 Å². The van der Waals surface area contributed by atoms with Crippen molar-refractivity contribution in [3.05, 3.63) is 241 Å². The molecule has 300 valence electrons. The minimum Gasteiger partial charge on any atom is -0.455 e. The van der Waals surface area contributed by atoms with Crippen molar-refractivity contribution in [1.29, 1.82) is 0 Å². The number of furan rings is 1. The number of nitrogens with zero attached hydrogens (tertiary/aromatic N) is 2. The third-order valence-electron chi connectivity index (χ3n) is 12.9. The molecule has 0 N–H and O–H groups in total. The zero-order valence-electron chi connectivity index (χ0n) is 34.4. The third kappa shape index (κ3) is 5.44. The van der Waals surface area contributed by atoms with Gasteiger partial charge in [-0.15, -0.1) is 0 Å². The van der Waals surface area contributed by atoms with Gasteiger partial charge < -0.3 is 13.9 Å². The van der Waals surface area contributed by atoms with E-state index in [0.29, 0.717) is 28.8 Å². The lowest BCUT2D eigenvalue weighted by Gasteiger charge is -2.34. The molecule has 0 saturated carbocycles. The number of benzene rings is 9. The topological polar surface area (TPSA) is 57.4 Å². The zero-order valence-corrected chi connectivity index (χ0v) is 34.4. The minimum atomic E-state index is -0.581. The summed E-state index contributed by atoms with van der Waals surface area (Å²) >= 11 is 0. The van der Waals surface area contributed by atoms with Crippen LogP contribution >= 0.6 is 0 Å². The molecule has 9 aromatic carbocycles. The van der Waals surface area contributed by atoms with Crippen molar-refractivity contribution in [2.24, 2.45) is 0 Å². The van der Waals surface area contributed by atoms with E-state index in [-0.39, 0.29) is 0 Å². The summed E-state index contributed by atoms with van der Waals surface area (Å²) in [6.45, 7) is 0. The van der Waals surface area contributed by atoms with Gasteiger partial charge in [0.05, 0.1) is 22.4 Å². The Bertz CT molecular complexity index is 3560. The van der Waals surface area contributed by atoms with Gasteiger partial charge in [-0.1, -0.05) is 188 Å². The minimum absolute atomic E-state index is 0.535. The fourth-order valence-corrected chi connectivity index (χ4v) is 10.0. The van der Waals surface area contributed by atoms with Crippen LogP contribution < -0.4 is 9.47 Å². The van der Waals surface area contributed by atoms with Crippen LogP contribution in [0.15, 0.2) is 223 Å². The van der Waals surface area contributed by atoms with E-state index < -0.39 is 5.41 Å². The van der Waals surface area contributed by atoms with Crippen LogP contribution in [0.25, 0.3) is 78.1 Å². The van der Waals surface area contributed by atoms with Gasteiger partial charge in [0.25, 0.3) is 0 Å². The van der Waals surface area contributed by atoms with Crippen molar-refractivity contribution in [1.82, 2.24) is 9.97 Å². The molecular formula is C59H36N2O3. The fourth-order valence-electron chi connectivity index (χ4n) is 10.0. The molecule has 0 spiro atoms. The number of fused-ring (bicyclic) bond motifs is 9. The maximum atomic E-state index is 7.23. The Hall–Kier alpha value is -8.54. The SMILES string of the molecule is c1ccc(-c2cc(-c3ccc(-c4cccc5c4oc4ccccc45)cc3)nc(-c3cccc4c3Oc3c(ccc5c3-c3ccccc3C5(c3ccccc3)c3ccccc3)O4)n2)cc1. The lowest BCUT2D eigenvalue weighted by molar-refractivity contribution is 0.361. The van der Waals surface area contributed by atoms with Gasteiger partial charge in [-0.2, -0.15) is 0 Å². The molecule has 0 amide bonds. The summed E-state index contributed by atoms with van der Waals surface area (Å²) < 4.78 is 20.4. The first kappa shape index (κ1) is 36.1. The first-order valence-corrected chi connectivity index (χ1v) is 21.6. The monoisotopic (exact) mass is 820 g/mol. The Morgan fingerprint density at radius 1 is 0.375 bits per heavy atom. The largest absolute Gasteiger partial charge is 0.455 e. The van der Waals surface area contributed by atoms with Crippen molar-refractivity contribution in [2.45, 2.75) is 5.41 Å². The number of aromatic nitrogens is 2. The van der Waals surface area contributed by atoms with Gasteiger partial charge in [0, 0.05) is 33.0 Å². The van der Waals surface area contributed by atoms with E-state index in [9.17, 15) is 0 Å². The van der Waals surface area contributed by atoms with Crippen molar-refractivity contribution in [3.8, 4) is 79.2 Å². The average molecular weight is 821 g/mol. The molecule has 5 nitrogen and oxygen atoms in total. The molecule has 5 heteroatoms. The molecule has 0 radical (unpaired) electrons. The van der Waals surface area contributed by atoms with Gasteiger partial charge in [0.2, 0.25) is 0 Å². The van der Waals surface area contributed by atoms with Crippen molar-refractivity contribution in [2.75, 3.05) is 0 Å². The first-order chi connectivity index (χ1) is 31.7. The summed E-state index contributed by atoms with van der Waals surface area (Å²) in [5.74, 6) is 3.05. The maximum Gasteiger partial charge on any atom is 0.181 e. The van der Waals surface area contributed by atoms with Crippen LogP contribution in [0.3, 0.4) is 0 Å². The van der Waals surface area contributed by atoms with Gasteiger partial charge in [-0.05, 0) is 63.7 Å². The van der Waals surface area contributed by atoms with Crippen LogP contribution in [0.4, 0.5) is 0 Å². The Kier molecular flexibility index (Phi) is 8.06. The molecule has 0 fully saturated rings. The van der Waals surface area contributed by atoms with E-state index in [0.717, 1.165) is 77.8 Å². The first-order valence-electron chi connectivity index (χ1n) is 21.6. The van der Waals surface area contributed by atoms with E-state index >= 15 is 0 Å². The summed E-state index contributed by atoms with van der Waals surface area (Å²) in [5, 5.41) is 2.21. The Labute approximate surface area is 369 Å². The molecule has 2 aromatic heterocycles. The standard InChI is InChI=1S/C59H36N2O3/c1-4-16-38(17-5-1)49-36-50(39-32-30-37(31-33-39)42-24-14-25-44-43-22-11-13-28-51(43)63-55(42)44)61-58(60-49)46-26-15-29-52-56(46)64-57-53(62-52)35-34-48-54(57)45-23-10-12-27-47(45)59(48,40-18-6-2-7-19-40)41-20-8-3-9-21-41/h1-36H. The predicted molar refractivity (Wildman–Crippen MR) is 255 cm³/mol. The summed E-state index contributed by atoms with van der Waals surface area (Å²) in [7, 11) is 0. The van der Waals surface area contributed by atoms with E-state index in [1.807, 2.05) is 48.5 Å². The average Bonchev–Trinajstić information content (AvgIpc) is 3.91. The van der Waals surface area contributed by atoms with E-state index in [4.69, 9.17) is 23.9 Å². The summed E-state index contributed by atoms with van der Waals surface area (Å²) in [5.41, 5.74) is 14.4. The number of rotatable bonds is 6. The molecule has 2 aliphatic rings. The van der Waals surface area contributed by atoms with Crippen LogP contribution in [-0.2, 0) is 5.41 Å². The van der Waals surface area contributed by atoms with Gasteiger partial charge in [-0.3, -0.25) is 0 Å². The van der Waals surface area contributed by atoms with Crippen LogP contribution in [0, 0.1) is 0 Å². The van der Waals surface area contributed by atoms with Crippen molar-refractivity contribution >= 4 is 21.9 Å². The molecule has 11 aromatic rings. The molecule has 1 aliphatic heterocycles. The Morgan fingerprint density at radius 2 is 0.953 bits per heavy atom. The van der Waals surface area contributed by atoms with Gasteiger partial charge in [0.1, 0.15) is 11.2 Å². The Morgan fingerprint density at radius 3 is 1.72 bits per heavy atom. The van der Waals surface area contributed by atoms with Crippen molar-refractivity contribution < 1.29 is 13.9 Å². The number of ether oxygens (including phenoxy) is 2. The number of hydrogen-bond acceptors (Lipinski definition) is 5. The van der Waals surface area contributed by atoms with E-state index in [1.54, 1.807) is 0 Å². The van der Waals surface area contributed by atoms with E-state index in [2.05, 4.69) is 170 Å². The van der Waals surface area contributed by atoms with E-state index in [1.165, 1.54) is 16.7 Å². The molecule has 0 unspecified atom stereocenters. The van der Waals surface area contributed by atoms with Gasteiger partial charge >= 0.3 is 0 Å². The highest BCUT2D eigenvalue weighted by atomic mass is 16.6. The molecule has 64 heavy (non-hydrogen) atoms. The van der Waals surface area contributed by atoms with Crippen LogP contribution in [0.2, 0.25) is 0 Å². The summed E-state index contributed by atoms with van der Waals surface area (Å²) in [4.78, 5) is 10.5. The molecule has 1 aliphatic carbocycles. The molecule has 0 atom stereocenters. The zero-order chi connectivity index (χ0) is 42.2. The van der Waals surface area contributed by atoms with Crippen LogP contribution in [0.5, 0.6) is 23.0 Å². The van der Waals surface area contributed by atoms with Crippen molar-refractivity contribution in [3.63, 3.8) is 0 Å². The second-order valence-electron chi connectivity index (χ2n) is 16.4. The lowest BCUT2D eigenvalue weighted by atomic mass is 9.68.